The van der Waals surface area contributed by atoms with Gasteiger partial charge in [-0.1, -0.05) is 0 Å². The number of ketones is 1. The molecule has 2 heterocycles. The number of hydrogen-bond acceptors (Lipinski definition) is 8. The summed E-state index contributed by atoms with van der Waals surface area (Å²) in [5.41, 5.74) is -0.296. The predicted molar refractivity (Wildman–Crippen MR) is 114 cm³/mol. The first-order valence-corrected chi connectivity index (χ1v) is 11.7. The monoisotopic (exact) mass is 450 g/mol. The number of hydrogen-bond donors (Lipinski definition) is 2. The minimum atomic E-state index is -3.29. The van der Waals surface area contributed by atoms with Gasteiger partial charge in [0.15, 0.2) is 11.5 Å². The van der Waals surface area contributed by atoms with Crippen LogP contribution in [0.3, 0.4) is 0 Å². The van der Waals surface area contributed by atoms with Crippen molar-refractivity contribution < 1.29 is 27.5 Å². The largest absolute Gasteiger partial charge is 0.502 e. The molecule has 1 atom stereocenters. The highest BCUT2D eigenvalue weighted by molar-refractivity contribution is 7.88. The number of ether oxygens (including phenoxy) is 1. The Morgan fingerprint density at radius 2 is 1.87 bits per heavy atom. The Balaban J connectivity index is 1.92. The molecule has 31 heavy (non-hydrogen) atoms. The number of nitrogens with one attached hydrogen (secondary N) is 1. The van der Waals surface area contributed by atoms with Gasteiger partial charge in [0.2, 0.25) is 21.2 Å². The van der Waals surface area contributed by atoms with Crippen molar-refractivity contribution in [1.29, 1.82) is 0 Å². The fraction of sp³-hybridized carbons (Fsp3) is 0.429. The number of methoxy groups -OCH3 is 1. The van der Waals surface area contributed by atoms with E-state index >= 15 is 0 Å². The smallest absolute Gasteiger partial charge is 0.227 e. The van der Waals surface area contributed by atoms with E-state index < -0.39 is 33.0 Å². The first kappa shape index (κ1) is 23.0. The van der Waals surface area contributed by atoms with Gasteiger partial charge in [-0.3, -0.25) is 14.9 Å². The van der Waals surface area contributed by atoms with Crippen LogP contribution in [0.5, 0.6) is 11.5 Å². The van der Waals surface area contributed by atoms with Crippen molar-refractivity contribution in [2.75, 3.05) is 26.5 Å². The van der Waals surface area contributed by atoms with E-state index in [1.807, 2.05) is 0 Å². The fourth-order valence-corrected chi connectivity index (χ4v) is 4.48. The molecule has 2 aromatic rings. The van der Waals surface area contributed by atoms with E-state index in [0.717, 1.165) is 12.3 Å². The van der Waals surface area contributed by atoms with Crippen LogP contribution in [0.25, 0.3) is 0 Å². The van der Waals surface area contributed by atoms with Crippen LogP contribution in [0.1, 0.15) is 40.8 Å². The predicted octanol–water partition coefficient (Wildman–Crippen LogP) is 1.60. The second kappa shape index (κ2) is 9.21. The van der Waals surface area contributed by atoms with E-state index in [4.69, 9.17) is 9.15 Å². The zero-order valence-corrected chi connectivity index (χ0v) is 18.4. The standard InChI is InChI=1S/C21H26N2O7S/c1-13-12-17(24)20(26)21(30-13)18(19(25)14-4-6-16(29-2)7-5-14)22-15-8-10-23(11-9-15)31(3,27)28/h4-7,12,15,18,22,26H,8-11H2,1-3H3. The van der Waals surface area contributed by atoms with Gasteiger partial charge in [-0.15, -0.1) is 0 Å². The number of nitrogens with zero attached hydrogens (tertiary/aromatic N) is 1. The summed E-state index contributed by atoms with van der Waals surface area (Å²) >= 11 is 0. The molecule has 9 nitrogen and oxygen atoms in total. The van der Waals surface area contributed by atoms with Gasteiger partial charge >= 0.3 is 0 Å². The summed E-state index contributed by atoms with van der Waals surface area (Å²) in [5, 5.41) is 13.5. The van der Waals surface area contributed by atoms with Gasteiger partial charge in [0.1, 0.15) is 17.6 Å². The van der Waals surface area contributed by atoms with Gasteiger partial charge < -0.3 is 14.3 Å². The van der Waals surface area contributed by atoms with Crippen molar-refractivity contribution >= 4 is 15.8 Å². The Labute approximate surface area is 180 Å². The Bertz CT molecular complexity index is 1100. The van der Waals surface area contributed by atoms with Crippen LogP contribution in [-0.4, -0.2) is 56.1 Å². The molecule has 1 aliphatic rings. The molecular formula is C21H26N2O7S. The zero-order valence-electron chi connectivity index (χ0n) is 17.6. The van der Waals surface area contributed by atoms with Crippen molar-refractivity contribution in [3.05, 3.63) is 57.6 Å². The van der Waals surface area contributed by atoms with Crippen molar-refractivity contribution in [1.82, 2.24) is 9.62 Å². The molecule has 1 saturated heterocycles. The van der Waals surface area contributed by atoms with Crippen LogP contribution in [0.4, 0.5) is 0 Å². The van der Waals surface area contributed by atoms with Gasteiger partial charge in [0, 0.05) is 30.8 Å². The van der Waals surface area contributed by atoms with Gasteiger partial charge in [-0.05, 0) is 44.0 Å². The Hall–Kier alpha value is -2.69. The van der Waals surface area contributed by atoms with Gasteiger partial charge in [-0.2, -0.15) is 0 Å². The second-order valence-electron chi connectivity index (χ2n) is 7.56. The van der Waals surface area contributed by atoms with Crippen LogP contribution >= 0.6 is 0 Å². The average Bonchev–Trinajstić information content (AvgIpc) is 2.74. The molecule has 0 saturated carbocycles. The number of carbonyl (C=O) groups excluding carboxylic acids is 1. The molecule has 1 aromatic carbocycles. The minimum Gasteiger partial charge on any atom is -0.502 e. The number of benzene rings is 1. The number of sulfonamides is 1. The Morgan fingerprint density at radius 1 is 1.26 bits per heavy atom. The highest BCUT2D eigenvalue weighted by Gasteiger charge is 2.33. The van der Waals surface area contributed by atoms with E-state index in [1.54, 1.807) is 31.2 Å². The number of Topliss-reactive ketones (excluding diaryl/α,β-unsaturated/α-hetero) is 1. The van der Waals surface area contributed by atoms with Crippen molar-refractivity contribution in [2.24, 2.45) is 0 Å². The normalized spacial score (nSPS) is 16.7. The Morgan fingerprint density at radius 3 is 2.42 bits per heavy atom. The van der Waals surface area contributed by atoms with Crippen molar-refractivity contribution in [2.45, 2.75) is 31.8 Å². The molecule has 0 aliphatic carbocycles. The van der Waals surface area contributed by atoms with Crippen LogP contribution in [-0.2, 0) is 10.0 Å². The molecule has 1 fully saturated rings. The van der Waals surface area contributed by atoms with Crippen molar-refractivity contribution in [3.8, 4) is 11.5 Å². The second-order valence-corrected chi connectivity index (χ2v) is 9.55. The van der Waals surface area contributed by atoms with Crippen LogP contribution in [0, 0.1) is 6.92 Å². The minimum absolute atomic E-state index is 0.156. The summed E-state index contributed by atoms with van der Waals surface area (Å²) in [6, 6.07) is 6.28. The SMILES string of the molecule is COc1ccc(C(=O)C(NC2CCN(S(C)(=O)=O)CC2)c2oc(C)cc(=O)c2O)cc1. The third kappa shape index (κ3) is 5.33. The maximum Gasteiger partial charge on any atom is 0.227 e. The van der Waals surface area contributed by atoms with E-state index in [0.29, 0.717) is 37.2 Å². The molecule has 3 rings (SSSR count). The molecule has 0 spiro atoms. The fourth-order valence-electron chi connectivity index (χ4n) is 3.60. The maximum absolute atomic E-state index is 13.3. The topological polar surface area (TPSA) is 126 Å². The molecule has 1 aromatic heterocycles. The summed E-state index contributed by atoms with van der Waals surface area (Å²) in [7, 11) is -1.77. The molecule has 168 valence electrons. The number of piperidine rings is 1. The van der Waals surface area contributed by atoms with Gasteiger partial charge in [0.25, 0.3) is 0 Å². The highest BCUT2D eigenvalue weighted by Crippen LogP contribution is 2.28. The summed E-state index contributed by atoms with van der Waals surface area (Å²) in [6.45, 7) is 2.18. The zero-order chi connectivity index (χ0) is 22.8. The van der Waals surface area contributed by atoms with E-state index in [9.17, 15) is 23.1 Å². The van der Waals surface area contributed by atoms with Gasteiger partial charge in [0.05, 0.1) is 13.4 Å². The lowest BCUT2D eigenvalue weighted by Crippen LogP contribution is -2.46. The van der Waals surface area contributed by atoms with Crippen LogP contribution in [0.2, 0.25) is 0 Å². The highest BCUT2D eigenvalue weighted by atomic mass is 32.2. The van der Waals surface area contributed by atoms with Crippen LogP contribution in [0.15, 0.2) is 39.5 Å². The lowest BCUT2D eigenvalue weighted by atomic mass is 9.98. The number of aryl methyl sites for hydroxylation is 1. The number of aromatic hydroxyl groups is 1. The number of carbonyl (C=O) groups is 1. The quantitative estimate of drug-likeness (QED) is 0.609. The molecule has 1 aliphatic heterocycles. The molecule has 10 heteroatoms. The lowest BCUT2D eigenvalue weighted by molar-refractivity contribution is 0.0909. The summed E-state index contributed by atoms with van der Waals surface area (Å²) < 4.78 is 35.6. The molecule has 1 unspecified atom stereocenters. The maximum atomic E-state index is 13.3. The van der Waals surface area contributed by atoms with Crippen LogP contribution < -0.4 is 15.5 Å². The summed E-state index contributed by atoms with van der Waals surface area (Å²) in [4.78, 5) is 25.4. The van der Waals surface area contributed by atoms with E-state index in [-0.39, 0.29) is 17.6 Å². The Kier molecular flexibility index (Phi) is 6.83. The first-order chi connectivity index (χ1) is 14.6. The molecular weight excluding hydrogens is 424 g/mol. The average molecular weight is 451 g/mol. The van der Waals surface area contributed by atoms with E-state index in [1.165, 1.54) is 11.4 Å². The first-order valence-electron chi connectivity index (χ1n) is 9.83. The third-order valence-corrected chi connectivity index (χ3v) is 6.60. The number of rotatable bonds is 7. The molecule has 0 amide bonds. The lowest BCUT2D eigenvalue weighted by Gasteiger charge is -2.32. The molecule has 0 radical (unpaired) electrons. The van der Waals surface area contributed by atoms with E-state index in [2.05, 4.69) is 5.32 Å². The molecule has 0 bridgehead atoms. The molecule has 2 N–H and O–H groups in total. The van der Waals surface area contributed by atoms with Gasteiger partial charge in [-0.25, -0.2) is 12.7 Å². The summed E-state index contributed by atoms with van der Waals surface area (Å²) in [6.07, 6.45) is 2.10. The summed E-state index contributed by atoms with van der Waals surface area (Å²) in [5.74, 6) is -0.328. The third-order valence-electron chi connectivity index (χ3n) is 5.30. The van der Waals surface area contributed by atoms with Crippen molar-refractivity contribution in [3.63, 3.8) is 0 Å².